The van der Waals surface area contributed by atoms with Crippen molar-refractivity contribution in [2.24, 2.45) is 0 Å². The topological polar surface area (TPSA) is 47.6 Å². The van der Waals surface area contributed by atoms with E-state index in [-0.39, 0.29) is 5.91 Å². The molecule has 0 aromatic heterocycles. The van der Waals surface area contributed by atoms with Gasteiger partial charge in [-0.15, -0.1) is 0 Å². The molecule has 0 atom stereocenters. The highest BCUT2D eigenvalue weighted by molar-refractivity contribution is 7.80. The van der Waals surface area contributed by atoms with Gasteiger partial charge in [-0.05, 0) is 79.9 Å². The summed E-state index contributed by atoms with van der Waals surface area (Å²) in [4.78, 5) is 16.2. The van der Waals surface area contributed by atoms with E-state index in [1.807, 2.05) is 29.2 Å². The van der Waals surface area contributed by atoms with Crippen molar-refractivity contribution in [2.45, 2.75) is 38.6 Å². The summed E-state index contributed by atoms with van der Waals surface area (Å²) in [5.41, 5.74) is 4.38. The number of anilines is 3. The molecule has 1 amide bonds. The monoisotopic (exact) mass is 408 g/mol. The van der Waals surface area contributed by atoms with Crippen molar-refractivity contribution in [3.63, 3.8) is 0 Å². The standard InChI is InChI=1S/C23H28N4OS/c28-22-5-4-16-27(22)21-12-8-19(9-13-21)25-23(29)24-17-18-6-10-20(11-7-18)26-14-2-1-3-15-26/h6-13H,1-5,14-17H2,(H2,24,25,29). The maximum atomic E-state index is 11.8. The van der Waals surface area contributed by atoms with Crippen molar-refractivity contribution >= 4 is 40.3 Å². The van der Waals surface area contributed by atoms with Gasteiger partial charge in [0.1, 0.15) is 0 Å². The Bertz CT molecular complexity index is 844. The number of benzene rings is 2. The van der Waals surface area contributed by atoms with Crippen LogP contribution in [0.2, 0.25) is 0 Å². The van der Waals surface area contributed by atoms with Crippen LogP contribution in [0.5, 0.6) is 0 Å². The van der Waals surface area contributed by atoms with Gasteiger partial charge in [0.25, 0.3) is 0 Å². The Morgan fingerprint density at radius 1 is 0.862 bits per heavy atom. The summed E-state index contributed by atoms with van der Waals surface area (Å²) in [5, 5.41) is 7.07. The second-order valence-electron chi connectivity index (χ2n) is 7.72. The van der Waals surface area contributed by atoms with Crippen molar-refractivity contribution in [1.82, 2.24) is 5.32 Å². The van der Waals surface area contributed by atoms with E-state index in [1.165, 1.54) is 30.5 Å². The van der Waals surface area contributed by atoms with Gasteiger partial charge < -0.3 is 20.4 Å². The molecule has 2 aromatic carbocycles. The molecule has 2 heterocycles. The Morgan fingerprint density at radius 2 is 1.55 bits per heavy atom. The molecule has 2 aliphatic rings. The van der Waals surface area contributed by atoms with Crippen LogP contribution in [0.15, 0.2) is 48.5 Å². The summed E-state index contributed by atoms with van der Waals surface area (Å²) in [6, 6.07) is 16.6. The molecule has 0 saturated carbocycles. The van der Waals surface area contributed by atoms with Crippen LogP contribution < -0.4 is 20.4 Å². The summed E-state index contributed by atoms with van der Waals surface area (Å²) in [6.45, 7) is 3.82. The van der Waals surface area contributed by atoms with Crippen LogP contribution in [0, 0.1) is 0 Å². The van der Waals surface area contributed by atoms with Gasteiger partial charge in [-0.2, -0.15) is 0 Å². The van der Waals surface area contributed by atoms with Crippen LogP contribution in [-0.4, -0.2) is 30.7 Å². The van der Waals surface area contributed by atoms with Gasteiger partial charge in [-0.1, -0.05) is 12.1 Å². The molecule has 6 heteroatoms. The molecule has 2 N–H and O–H groups in total. The van der Waals surface area contributed by atoms with E-state index in [0.717, 1.165) is 37.4 Å². The molecule has 0 bridgehead atoms. The molecule has 0 spiro atoms. The lowest BCUT2D eigenvalue weighted by Crippen LogP contribution is -2.29. The Labute approximate surface area is 178 Å². The predicted molar refractivity (Wildman–Crippen MR) is 124 cm³/mol. The second kappa shape index (κ2) is 9.27. The molecule has 5 nitrogen and oxygen atoms in total. The summed E-state index contributed by atoms with van der Waals surface area (Å²) in [7, 11) is 0. The van der Waals surface area contributed by atoms with Crippen LogP contribution in [0.1, 0.15) is 37.7 Å². The van der Waals surface area contributed by atoms with Gasteiger partial charge in [0.2, 0.25) is 5.91 Å². The molecule has 2 aromatic rings. The maximum Gasteiger partial charge on any atom is 0.227 e. The van der Waals surface area contributed by atoms with Gasteiger partial charge in [-0.3, -0.25) is 4.79 Å². The fourth-order valence-electron chi connectivity index (χ4n) is 3.98. The third-order valence-electron chi connectivity index (χ3n) is 5.62. The number of piperidine rings is 1. The fraction of sp³-hybridized carbons (Fsp3) is 0.391. The Balaban J connectivity index is 1.26. The zero-order chi connectivity index (χ0) is 20.1. The first kappa shape index (κ1) is 19.7. The highest BCUT2D eigenvalue weighted by Crippen LogP contribution is 2.23. The van der Waals surface area contributed by atoms with E-state index >= 15 is 0 Å². The number of amides is 1. The van der Waals surface area contributed by atoms with Gasteiger partial charge in [0.05, 0.1) is 0 Å². The second-order valence-corrected chi connectivity index (χ2v) is 8.13. The zero-order valence-corrected chi connectivity index (χ0v) is 17.5. The molecule has 152 valence electrons. The molecule has 0 radical (unpaired) electrons. The average Bonchev–Trinajstić information content (AvgIpc) is 3.20. The van der Waals surface area contributed by atoms with Crippen LogP contribution in [0.4, 0.5) is 17.1 Å². The van der Waals surface area contributed by atoms with Crippen molar-refractivity contribution in [3.05, 3.63) is 54.1 Å². The van der Waals surface area contributed by atoms with Gasteiger partial charge in [0, 0.05) is 49.7 Å². The minimum absolute atomic E-state index is 0.203. The van der Waals surface area contributed by atoms with E-state index in [4.69, 9.17) is 12.2 Å². The number of hydrogen-bond donors (Lipinski definition) is 2. The van der Waals surface area contributed by atoms with Gasteiger partial charge in [-0.25, -0.2) is 0 Å². The highest BCUT2D eigenvalue weighted by Gasteiger charge is 2.21. The van der Waals surface area contributed by atoms with Gasteiger partial charge in [0.15, 0.2) is 5.11 Å². The van der Waals surface area contributed by atoms with E-state index in [2.05, 4.69) is 39.8 Å². The Kier molecular flexibility index (Phi) is 6.30. The maximum absolute atomic E-state index is 11.8. The molecule has 2 fully saturated rings. The van der Waals surface area contributed by atoms with Crippen molar-refractivity contribution in [2.75, 3.05) is 34.8 Å². The first-order valence-electron chi connectivity index (χ1n) is 10.5. The number of hydrogen-bond acceptors (Lipinski definition) is 3. The summed E-state index contributed by atoms with van der Waals surface area (Å²) in [6.07, 6.45) is 5.51. The minimum atomic E-state index is 0.203. The number of rotatable bonds is 5. The molecule has 0 unspecified atom stereocenters. The van der Waals surface area contributed by atoms with E-state index in [9.17, 15) is 4.79 Å². The van der Waals surface area contributed by atoms with Gasteiger partial charge >= 0.3 is 0 Å². The quantitative estimate of drug-likeness (QED) is 0.723. The smallest absolute Gasteiger partial charge is 0.227 e. The third-order valence-corrected chi connectivity index (χ3v) is 5.87. The van der Waals surface area contributed by atoms with E-state index in [1.54, 1.807) is 0 Å². The number of nitrogens with zero attached hydrogens (tertiary/aromatic N) is 2. The lowest BCUT2D eigenvalue weighted by atomic mass is 10.1. The summed E-state index contributed by atoms with van der Waals surface area (Å²) >= 11 is 5.43. The molecule has 4 rings (SSSR count). The van der Waals surface area contributed by atoms with Crippen molar-refractivity contribution < 1.29 is 4.79 Å². The fourth-order valence-corrected chi connectivity index (χ4v) is 4.17. The molecule has 0 aliphatic carbocycles. The third kappa shape index (κ3) is 5.07. The molecular formula is C23H28N4OS. The lowest BCUT2D eigenvalue weighted by Gasteiger charge is -2.28. The van der Waals surface area contributed by atoms with Crippen LogP contribution in [-0.2, 0) is 11.3 Å². The molecule has 2 aliphatic heterocycles. The zero-order valence-electron chi connectivity index (χ0n) is 16.7. The summed E-state index contributed by atoms with van der Waals surface area (Å²) < 4.78 is 0. The first-order valence-corrected chi connectivity index (χ1v) is 10.9. The minimum Gasteiger partial charge on any atom is -0.372 e. The van der Waals surface area contributed by atoms with Crippen LogP contribution >= 0.6 is 12.2 Å². The summed E-state index contributed by atoms with van der Waals surface area (Å²) in [5.74, 6) is 0.203. The number of thiocarbonyl (C=S) groups is 1. The van der Waals surface area contributed by atoms with E-state index in [0.29, 0.717) is 18.1 Å². The lowest BCUT2D eigenvalue weighted by molar-refractivity contribution is -0.117. The first-order chi connectivity index (χ1) is 14.2. The van der Waals surface area contributed by atoms with E-state index < -0.39 is 0 Å². The average molecular weight is 409 g/mol. The predicted octanol–water partition coefficient (Wildman–Crippen LogP) is 4.29. The van der Waals surface area contributed by atoms with Crippen LogP contribution in [0.3, 0.4) is 0 Å². The van der Waals surface area contributed by atoms with Crippen molar-refractivity contribution in [1.29, 1.82) is 0 Å². The number of nitrogens with one attached hydrogen (secondary N) is 2. The number of carbonyl (C=O) groups is 1. The Morgan fingerprint density at radius 3 is 2.21 bits per heavy atom. The molecule has 2 saturated heterocycles. The number of carbonyl (C=O) groups excluding carboxylic acids is 1. The normalized spacial score (nSPS) is 16.8. The van der Waals surface area contributed by atoms with Crippen LogP contribution in [0.25, 0.3) is 0 Å². The van der Waals surface area contributed by atoms with Crippen molar-refractivity contribution in [3.8, 4) is 0 Å². The SMILES string of the molecule is O=C1CCCN1c1ccc(NC(=S)NCc2ccc(N3CCCCC3)cc2)cc1. The molecule has 29 heavy (non-hydrogen) atoms. The highest BCUT2D eigenvalue weighted by atomic mass is 32.1. The Hall–Kier alpha value is -2.60. The molecular weight excluding hydrogens is 380 g/mol. The largest absolute Gasteiger partial charge is 0.372 e.